The van der Waals surface area contributed by atoms with E-state index >= 15 is 0 Å². The Kier molecular flexibility index (Phi) is 10.8. The molecule has 2 fully saturated rings. The molecule has 2 atom stereocenters. The summed E-state index contributed by atoms with van der Waals surface area (Å²) in [6, 6.07) is 14.2. The number of amides is 2. The van der Waals surface area contributed by atoms with Gasteiger partial charge in [-0.15, -0.1) is 0 Å². The minimum absolute atomic E-state index is 0.0106. The van der Waals surface area contributed by atoms with Crippen molar-refractivity contribution in [3.8, 4) is 11.5 Å². The topological polar surface area (TPSA) is 66.1 Å². The van der Waals surface area contributed by atoms with Gasteiger partial charge < -0.3 is 25.0 Å². The molecule has 3 heterocycles. The first kappa shape index (κ1) is 29.0. The quantitative estimate of drug-likeness (QED) is 0.306. The monoisotopic (exact) mass is 568 g/mol. The summed E-state index contributed by atoms with van der Waals surface area (Å²) in [6.45, 7) is 7.41. The standard InChI is InChI=1S/C32H45ClN4O3/c33-27-12-9-25(10-13-27)23-34-32(38)35-28(21-26-11-14-30-31(22-26)40-20-19-39-30)24-37-18-6-8-29(37)7-2-1-3-15-36-16-4-5-17-36/h9-14,22,28-29H,1-8,15-21,23-24H2,(H2,34,35,38)/t28-,29?/m0/s1. The maximum Gasteiger partial charge on any atom is 0.315 e. The van der Waals surface area contributed by atoms with Crippen molar-refractivity contribution in [2.45, 2.75) is 76.4 Å². The van der Waals surface area contributed by atoms with Crippen LogP contribution in [0.2, 0.25) is 5.02 Å². The summed E-state index contributed by atoms with van der Waals surface area (Å²) < 4.78 is 11.5. The smallest absolute Gasteiger partial charge is 0.315 e. The molecule has 2 N–H and O–H groups in total. The molecule has 0 spiro atoms. The lowest BCUT2D eigenvalue weighted by Crippen LogP contribution is -2.49. The van der Waals surface area contributed by atoms with Gasteiger partial charge in [0.25, 0.3) is 0 Å². The lowest BCUT2D eigenvalue weighted by atomic mass is 10.0. The minimum Gasteiger partial charge on any atom is -0.486 e. The fourth-order valence-corrected chi connectivity index (χ4v) is 6.45. The zero-order valence-electron chi connectivity index (χ0n) is 23.7. The molecular weight excluding hydrogens is 524 g/mol. The van der Waals surface area contributed by atoms with E-state index in [1.165, 1.54) is 71.0 Å². The Labute approximate surface area is 244 Å². The maximum atomic E-state index is 13.0. The van der Waals surface area contributed by atoms with Crippen LogP contribution in [-0.4, -0.2) is 73.9 Å². The van der Waals surface area contributed by atoms with Gasteiger partial charge in [0.15, 0.2) is 11.5 Å². The predicted molar refractivity (Wildman–Crippen MR) is 160 cm³/mol. The summed E-state index contributed by atoms with van der Waals surface area (Å²) in [6.07, 6.45) is 11.1. The molecule has 2 aromatic carbocycles. The summed E-state index contributed by atoms with van der Waals surface area (Å²) in [5.74, 6) is 1.59. The summed E-state index contributed by atoms with van der Waals surface area (Å²) >= 11 is 6.01. The van der Waals surface area contributed by atoms with Crippen molar-refractivity contribution in [1.82, 2.24) is 20.4 Å². The summed E-state index contributed by atoms with van der Waals surface area (Å²) in [5, 5.41) is 7.01. The molecule has 5 rings (SSSR count). The molecular formula is C32H45ClN4O3. The number of ether oxygens (including phenoxy) is 2. The molecule has 2 aromatic rings. The molecule has 0 bridgehead atoms. The number of unbranched alkanes of at least 4 members (excludes halogenated alkanes) is 2. The lowest BCUT2D eigenvalue weighted by molar-refractivity contribution is 0.171. The largest absolute Gasteiger partial charge is 0.486 e. The van der Waals surface area contributed by atoms with Gasteiger partial charge in [0, 0.05) is 30.2 Å². The van der Waals surface area contributed by atoms with E-state index in [9.17, 15) is 4.79 Å². The van der Waals surface area contributed by atoms with Gasteiger partial charge in [-0.2, -0.15) is 0 Å². The van der Waals surface area contributed by atoms with Crippen molar-refractivity contribution in [2.24, 2.45) is 0 Å². The molecule has 3 aliphatic rings. The molecule has 7 nitrogen and oxygen atoms in total. The fourth-order valence-electron chi connectivity index (χ4n) is 6.33. The number of carbonyl (C=O) groups excluding carboxylic acids is 1. The number of nitrogens with one attached hydrogen (secondary N) is 2. The highest BCUT2D eigenvalue weighted by Gasteiger charge is 2.27. The number of benzene rings is 2. The van der Waals surface area contributed by atoms with E-state index in [0.29, 0.717) is 30.8 Å². The van der Waals surface area contributed by atoms with Gasteiger partial charge in [-0.05, 0) is 107 Å². The summed E-state index contributed by atoms with van der Waals surface area (Å²) in [5.41, 5.74) is 2.16. The summed E-state index contributed by atoms with van der Waals surface area (Å²) in [7, 11) is 0. The number of urea groups is 1. The average Bonchev–Trinajstić information content (AvgIpc) is 3.65. The Balaban J connectivity index is 1.16. The maximum absolute atomic E-state index is 13.0. The lowest BCUT2D eigenvalue weighted by Gasteiger charge is -2.30. The van der Waals surface area contributed by atoms with Crippen molar-refractivity contribution in [3.05, 3.63) is 58.6 Å². The molecule has 1 unspecified atom stereocenters. The second-order valence-corrected chi connectivity index (χ2v) is 12.0. The Morgan fingerprint density at radius 3 is 2.52 bits per heavy atom. The van der Waals surface area contributed by atoms with Gasteiger partial charge in [-0.25, -0.2) is 4.79 Å². The van der Waals surface area contributed by atoms with Gasteiger partial charge in [-0.3, -0.25) is 4.90 Å². The molecule has 218 valence electrons. The van der Waals surface area contributed by atoms with E-state index in [1.54, 1.807) is 0 Å². The van der Waals surface area contributed by atoms with Crippen LogP contribution in [0.1, 0.15) is 62.5 Å². The number of fused-ring (bicyclic) bond motifs is 1. The first-order valence-electron chi connectivity index (χ1n) is 15.3. The third-order valence-corrected chi connectivity index (χ3v) is 8.71. The summed E-state index contributed by atoms with van der Waals surface area (Å²) in [4.78, 5) is 18.2. The van der Waals surface area contributed by atoms with Crippen LogP contribution in [-0.2, 0) is 13.0 Å². The number of likely N-dealkylation sites (tertiary alicyclic amines) is 2. The third kappa shape index (κ3) is 8.76. The Morgan fingerprint density at radius 1 is 0.925 bits per heavy atom. The second-order valence-electron chi connectivity index (χ2n) is 11.5. The molecule has 2 amide bonds. The molecule has 8 heteroatoms. The predicted octanol–water partition coefficient (Wildman–Crippen LogP) is 5.64. The van der Waals surface area contributed by atoms with Crippen LogP contribution in [0.15, 0.2) is 42.5 Å². The van der Waals surface area contributed by atoms with E-state index in [4.69, 9.17) is 21.1 Å². The fraction of sp³-hybridized carbons (Fsp3) is 0.594. The van der Waals surface area contributed by atoms with Gasteiger partial charge in [0.2, 0.25) is 0 Å². The number of halogens is 1. The van der Waals surface area contributed by atoms with E-state index < -0.39 is 0 Å². The number of carbonyl (C=O) groups is 1. The van der Waals surface area contributed by atoms with Crippen LogP contribution < -0.4 is 20.1 Å². The number of rotatable bonds is 13. The van der Waals surface area contributed by atoms with Gasteiger partial charge in [-0.1, -0.05) is 42.6 Å². The van der Waals surface area contributed by atoms with Crippen molar-refractivity contribution in [1.29, 1.82) is 0 Å². The molecule has 0 aromatic heterocycles. The van der Waals surface area contributed by atoms with Crippen LogP contribution in [0.5, 0.6) is 11.5 Å². The highest BCUT2D eigenvalue weighted by Crippen LogP contribution is 2.31. The molecule has 2 saturated heterocycles. The Morgan fingerprint density at radius 2 is 1.70 bits per heavy atom. The van der Waals surface area contributed by atoms with Crippen LogP contribution in [0, 0.1) is 0 Å². The molecule has 40 heavy (non-hydrogen) atoms. The van der Waals surface area contributed by atoms with E-state index in [2.05, 4.69) is 32.6 Å². The SMILES string of the molecule is O=C(NCc1ccc(Cl)cc1)N[C@@H](Cc1ccc2c(c1)OCCO2)CN1CCCC1CCCCCN1CCCC1. The van der Waals surface area contributed by atoms with E-state index in [0.717, 1.165) is 42.1 Å². The Bertz CT molecular complexity index is 1080. The third-order valence-electron chi connectivity index (χ3n) is 8.45. The first-order valence-corrected chi connectivity index (χ1v) is 15.6. The minimum atomic E-state index is -0.143. The Hall–Kier alpha value is -2.48. The molecule has 3 aliphatic heterocycles. The van der Waals surface area contributed by atoms with Crippen LogP contribution in [0.4, 0.5) is 4.79 Å². The highest BCUT2D eigenvalue weighted by atomic mass is 35.5. The van der Waals surface area contributed by atoms with E-state index in [-0.39, 0.29) is 12.1 Å². The van der Waals surface area contributed by atoms with Crippen molar-refractivity contribution < 1.29 is 14.3 Å². The molecule has 0 radical (unpaired) electrons. The van der Waals surface area contributed by atoms with Crippen molar-refractivity contribution >= 4 is 17.6 Å². The first-order chi connectivity index (χ1) is 19.6. The number of hydrogen-bond acceptors (Lipinski definition) is 5. The van der Waals surface area contributed by atoms with Crippen molar-refractivity contribution in [3.63, 3.8) is 0 Å². The van der Waals surface area contributed by atoms with Crippen molar-refractivity contribution in [2.75, 3.05) is 45.9 Å². The normalized spacial score (nSPS) is 20.0. The van der Waals surface area contributed by atoms with Gasteiger partial charge in [0.05, 0.1) is 0 Å². The number of hydrogen-bond donors (Lipinski definition) is 2. The van der Waals surface area contributed by atoms with Crippen LogP contribution >= 0.6 is 11.6 Å². The zero-order chi connectivity index (χ0) is 27.6. The molecule has 0 saturated carbocycles. The van der Waals surface area contributed by atoms with Gasteiger partial charge >= 0.3 is 6.03 Å². The second kappa shape index (κ2) is 14.9. The average molecular weight is 569 g/mol. The highest BCUT2D eigenvalue weighted by molar-refractivity contribution is 6.30. The van der Waals surface area contributed by atoms with Crippen LogP contribution in [0.25, 0.3) is 0 Å². The number of nitrogens with zero attached hydrogens (tertiary/aromatic N) is 2. The van der Waals surface area contributed by atoms with Crippen LogP contribution in [0.3, 0.4) is 0 Å². The zero-order valence-corrected chi connectivity index (χ0v) is 24.5. The van der Waals surface area contributed by atoms with E-state index in [1.807, 2.05) is 30.3 Å². The molecule has 0 aliphatic carbocycles. The van der Waals surface area contributed by atoms with Gasteiger partial charge in [0.1, 0.15) is 13.2 Å².